The molecule has 1 heterocycles. The molecule has 0 aromatic carbocycles. The lowest BCUT2D eigenvalue weighted by Gasteiger charge is -2.34. The molecule has 19 heavy (non-hydrogen) atoms. The van der Waals surface area contributed by atoms with Gasteiger partial charge in [0, 0.05) is 23.7 Å². The van der Waals surface area contributed by atoms with Crippen LogP contribution in [-0.2, 0) is 0 Å². The fourth-order valence-electron chi connectivity index (χ4n) is 2.90. The third-order valence-corrected chi connectivity index (χ3v) is 3.43. The molecule has 0 radical (unpaired) electrons. The Balaban J connectivity index is 2.01. The normalized spacial score (nSPS) is 24.2. The van der Waals surface area contributed by atoms with Crippen LogP contribution in [0, 0.1) is 11.3 Å². The van der Waals surface area contributed by atoms with Gasteiger partial charge in [-0.3, -0.25) is 9.78 Å². The summed E-state index contributed by atoms with van der Waals surface area (Å²) in [7, 11) is 0. The highest BCUT2D eigenvalue weighted by Crippen LogP contribution is 2.36. The van der Waals surface area contributed by atoms with Gasteiger partial charge in [-0.2, -0.15) is 5.10 Å². The van der Waals surface area contributed by atoms with Crippen molar-refractivity contribution < 1.29 is 4.79 Å². The Morgan fingerprint density at radius 1 is 1.42 bits per heavy atom. The molecule has 0 aliphatic heterocycles. The number of nitrogens with one attached hydrogen (secondary N) is 1. The number of carbonyl (C=O) groups excluding carboxylic acids is 1. The van der Waals surface area contributed by atoms with E-state index in [1.54, 1.807) is 24.5 Å². The maximum atomic E-state index is 11.9. The average Bonchev–Trinajstić information content (AvgIpc) is 2.34. The lowest BCUT2D eigenvalue weighted by atomic mass is 9.72. The number of hydrogen-bond acceptors (Lipinski definition) is 3. The van der Waals surface area contributed by atoms with E-state index in [0.717, 1.165) is 18.6 Å². The summed E-state index contributed by atoms with van der Waals surface area (Å²) >= 11 is 0. The minimum absolute atomic E-state index is 0.175. The summed E-state index contributed by atoms with van der Waals surface area (Å²) in [6, 6.07) is 3.37. The van der Waals surface area contributed by atoms with Crippen LogP contribution in [0.15, 0.2) is 29.6 Å². The van der Waals surface area contributed by atoms with Crippen LogP contribution in [0.25, 0.3) is 0 Å². The van der Waals surface area contributed by atoms with Crippen molar-refractivity contribution in [3.63, 3.8) is 0 Å². The number of amides is 1. The van der Waals surface area contributed by atoms with E-state index in [0.29, 0.717) is 11.5 Å². The molecule has 0 bridgehead atoms. The SMILES string of the molecule is C[C@@H]1C/C(=N/NC(=O)c2ccncc2)CC(C)(C)C1. The first-order valence-electron chi connectivity index (χ1n) is 6.72. The highest BCUT2D eigenvalue weighted by Gasteiger charge is 2.29. The van der Waals surface area contributed by atoms with E-state index in [1.807, 2.05) is 0 Å². The fourth-order valence-corrected chi connectivity index (χ4v) is 2.90. The Hall–Kier alpha value is -1.71. The third kappa shape index (κ3) is 3.88. The summed E-state index contributed by atoms with van der Waals surface area (Å²) < 4.78 is 0. The van der Waals surface area contributed by atoms with Gasteiger partial charge in [0.1, 0.15) is 0 Å². The average molecular weight is 259 g/mol. The smallest absolute Gasteiger partial charge is 0.267 e. The van der Waals surface area contributed by atoms with Gasteiger partial charge in [0.15, 0.2) is 0 Å². The van der Waals surface area contributed by atoms with Gasteiger partial charge in [0.2, 0.25) is 0 Å². The first-order chi connectivity index (χ1) is 8.96. The van der Waals surface area contributed by atoms with Gasteiger partial charge >= 0.3 is 0 Å². The summed E-state index contributed by atoms with van der Waals surface area (Å²) in [6.45, 7) is 6.74. The number of hydrazone groups is 1. The van der Waals surface area contributed by atoms with Crippen LogP contribution in [0.1, 0.15) is 50.4 Å². The monoisotopic (exact) mass is 259 g/mol. The molecule has 0 unspecified atom stereocenters. The highest BCUT2D eigenvalue weighted by atomic mass is 16.2. The molecule has 1 N–H and O–H groups in total. The number of hydrogen-bond donors (Lipinski definition) is 1. The molecular weight excluding hydrogens is 238 g/mol. The molecule has 1 aromatic heterocycles. The van der Waals surface area contributed by atoms with E-state index in [-0.39, 0.29) is 11.3 Å². The molecule has 0 spiro atoms. The van der Waals surface area contributed by atoms with Crippen molar-refractivity contribution in [3.05, 3.63) is 30.1 Å². The minimum atomic E-state index is -0.175. The van der Waals surface area contributed by atoms with Crippen molar-refractivity contribution in [2.45, 2.75) is 40.0 Å². The Morgan fingerprint density at radius 2 is 2.11 bits per heavy atom. The summed E-state index contributed by atoms with van der Waals surface area (Å²) in [5.74, 6) is 0.450. The predicted molar refractivity (Wildman–Crippen MR) is 75.9 cm³/mol. The quantitative estimate of drug-likeness (QED) is 0.830. The lowest BCUT2D eigenvalue weighted by molar-refractivity contribution is 0.0954. The van der Waals surface area contributed by atoms with Crippen molar-refractivity contribution >= 4 is 11.6 Å². The molecular formula is C15H21N3O. The second-order valence-corrected chi connectivity index (χ2v) is 6.21. The van der Waals surface area contributed by atoms with Crippen LogP contribution < -0.4 is 5.43 Å². The van der Waals surface area contributed by atoms with Gasteiger partial charge in [-0.05, 0) is 42.7 Å². The molecule has 1 fully saturated rings. The molecule has 1 amide bonds. The van der Waals surface area contributed by atoms with Crippen molar-refractivity contribution in [1.29, 1.82) is 0 Å². The van der Waals surface area contributed by atoms with E-state index in [9.17, 15) is 4.79 Å². The Kier molecular flexibility index (Phi) is 3.98. The van der Waals surface area contributed by atoms with E-state index >= 15 is 0 Å². The summed E-state index contributed by atoms with van der Waals surface area (Å²) in [4.78, 5) is 15.8. The van der Waals surface area contributed by atoms with E-state index in [4.69, 9.17) is 0 Å². The predicted octanol–water partition coefficient (Wildman–Crippen LogP) is 3.01. The molecule has 0 saturated heterocycles. The number of rotatable bonds is 2. The Labute approximate surface area is 114 Å². The van der Waals surface area contributed by atoms with Crippen molar-refractivity contribution in [1.82, 2.24) is 10.4 Å². The van der Waals surface area contributed by atoms with E-state index in [1.165, 1.54) is 6.42 Å². The summed E-state index contributed by atoms with van der Waals surface area (Å²) in [5, 5.41) is 4.30. The number of pyridine rings is 1. The second kappa shape index (κ2) is 5.51. The van der Waals surface area contributed by atoms with E-state index in [2.05, 4.69) is 36.3 Å². The molecule has 4 heteroatoms. The number of nitrogens with zero attached hydrogens (tertiary/aromatic N) is 2. The zero-order valence-electron chi connectivity index (χ0n) is 11.8. The maximum absolute atomic E-state index is 11.9. The van der Waals surface area contributed by atoms with E-state index < -0.39 is 0 Å². The number of carbonyl (C=O) groups is 1. The molecule has 2 rings (SSSR count). The summed E-state index contributed by atoms with van der Waals surface area (Å²) in [5.41, 5.74) is 4.60. The minimum Gasteiger partial charge on any atom is -0.267 e. The molecule has 4 nitrogen and oxygen atoms in total. The molecule has 1 saturated carbocycles. The topological polar surface area (TPSA) is 54.4 Å². The lowest BCUT2D eigenvalue weighted by Crippen LogP contribution is -2.30. The van der Waals surface area contributed by atoms with Crippen molar-refractivity contribution in [3.8, 4) is 0 Å². The number of aromatic nitrogens is 1. The zero-order valence-corrected chi connectivity index (χ0v) is 11.8. The molecule has 1 atom stereocenters. The van der Waals surface area contributed by atoms with Gasteiger partial charge in [0.05, 0.1) is 0 Å². The van der Waals surface area contributed by atoms with Gasteiger partial charge in [-0.15, -0.1) is 0 Å². The van der Waals surface area contributed by atoms with Crippen LogP contribution in [0.4, 0.5) is 0 Å². The molecule has 1 aliphatic rings. The largest absolute Gasteiger partial charge is 0.271 e. The van der Waals surface area contributed by atoms with Crippen LogP contribution in [0.2, 0.25) is 0 Å². The Morgan fingerprint density at radius 3 is 2.74 bits per heavy atom. The van der Waals surface area contributed by atoms with Crippen LogP contribution >= 0.6 is 0 Å². The van der Waals surface area contributed by atoms with Crippen LogP contribution in [0.3, 0.4) is 0 Å². The van der Waals surface area contributed by atoms with Gasteiger partial charge < -0.3 is 0 Å². The van der Waals surface area contributed by atoms with Gasteiger partial charge in [-0.1, -0.05) is 20.8 Å². The van der Waals surface area contributed by atoms with Crippen LogP contribution in [0.5, 0.6) is 0 Å². The molecule has 1 aliphatic carbocycles. The van der Waals surface area contributed by atoms with Crippen LogP contribution in [-0.4, -0.2) is 16.6 Å². The summed E-state index contributed by atoms with van der Waals surface area (Å²) in [6.07, 6.45) is 6.35. The zero-order chi connectivity index (χ0) is 13.9. The van der Waals surface area contributed by atoms with Crippen molar-refractivity contribution in [2.24, 2.45) is 16.4 Å². The third-order valence-electron chi connectivity index (χ3n) is 3.43. The molecule has 102 valence electrons. The van der Waals surface area contributed by atoms with Crippen molar-refractivity contribution in [2.75, 3.05) is 0 Å². The first kappa shape index (κ1) is 13.7. The van der Waals surface area contributed by atoms with Gasteiger partial charge in [-0.25, -0.2) is 5.43 Å². The first-order valence-corrected chi connectivity index (χ1v) is 6.72. The Bertz CT molecular complexity index is 479. The molecule has 1 aromatic rings. The van der Waals surface area contributed by atoms with Gasteiger partial charge in [0.25, 0.3) is 5.91 Å². The maximum Gasteiger partial charge on any atom is 0.271 e. The second-order valence-electron chi connectivity index (χ2n) is 6.21. The fraction of sp³-hybridized carbons (Fsp3) is 0.533. The standard InChI is InChI=1S/C15H21N3O/c1-11-8-13(10-15(2,3)9-11)17-18-14(19)12-4-6-16-7-5-12/h4-7,11H,8-10H2,1-3H3,(H,18,19)/b17-13-/t11-/m1/s1. The highest BCUT2D eigenvalue weighted by molar-refractivity contribution is 5.95.